The van der Waals surface area contributed by atoms with Crippen molar-refractivity contribution < 1.29 is 4.89 Å². The molecule has 1 aromatic carbocycles. The summed E-state index contributed by atoms with van der Waals surface area (Å²) in [6, 6.07) is 8.17. The van der Waals surface area contributed by atoms with Crippen molar-refractivity contribution in [3.05, 3.63) is 41.5 Å². The van der Waals surface area contributed by atoms with Crippen molar-refractivity contribution >= 4 is 14.1 Å². The van der Waals surface area contributed by atoms with Gasteiger partial charge in [-0.1, -0.05) is 29.8 Å². The van der Waals surface area contributed by atoms with Crippen molar-refractivity contribution in [3.8, 4) is 0 Å². The molecule has 0 fully saturated rings. The Hall–Kier alpha value is -0.650. The summed E-state index contributed by atoms with van der Waals surface area (Å²) in [7, 11) is -0.0886. The first-order valence-corrected chi connectivity index (χ1v) is 5.79. The second kappa shape index (κ2) is 5.95. The SMILES string of the molecule is CC(C)=CCCc1cccc(PO)c1. The molecule has 1 unspecified atom stereocenters. The molecule has 0 aliphatic carbocycles. The summed E-state index contributed by atoms with van der Waals surface area (Å²) in [5, 5.41) is 1.03. The molecule has 0 saturated carbocycles. The summed E-state index contributed by atoms with van der Waals surface area (Å²) in [6.07, 6.45) is 4.39. The molecule has 0 radical (unpaired) electrons. The lowest BCUT2D eigenvalue weighted by molar-refractivity contribution is 0.655. The third kappa shape index (κ3) is 4.04. The largest absolute Gasteiger partial charge is 0.372 e. The molecule has 0 aliphatic heterocycles. The summed E-state index contributed by atoms with van der Waals surface area (Å²) < 4.78 is 0. The Balaban J connectivity index is 2.54. The van der Waals surface area contributed by atoms with E-state index in [9.17, 15) is 0 Å². The van der Waals surface area contributed by atoms with Gasteiger partial charge in [0.15, 0.2) is 0 Å². The van der Waals surface area contributed by atoms with Crippen LogP contribution in [-0.4, -0.2) is 4.89 Å². The molecule has 2 heteroatoms. The number of hydrogen-bond acceptors (Lipinski definition) is 1. The number of aryl methyl sites for hydroxylation is 1. The van der Waals surface area contributed by atoms with Crippen LogP contribution in [0.5, 0.6) is 0 Å². The van der Waals surface area contributed by atoms with E-state index in [4.69, 9.17) is 4.89 Å². The van der Waals surface area contributed by atoms with Gasteiger partial charge in [-0.3, -0.25) is 0 Å². The number of rotatable bonds is 4. The van der Waals surface area contributed by atoms with E-state index in [1.807, 2.05) is 12.1 Å². The van der Waals surface area contributed by atoms with Crippen LogP contribution in [0.1, 0.15) is 25.8 Å². The number of allylic oxidation sites excluding steroid dienone is 2. The Morgan fingerprint density at radius 1 is 1.43 bits per heavy atom. The average Bonchev–Trinajstić information content (AvgIpc) is 2.18. The summed E-state index contributed by atoms with van der Waals surface area (Å²) in [6.45, 7) is 4.23. The first-order valence-electron chi connectivity index (χ1n) is 4.85. The van der Waals surface area contributed by atoms with Crippen molar-refractivity contribution in [2.75, 3.05) is 0 Å². The van der Waals surface area contributed by atoms with Crippen molar-refractivity contribution in [3.63, 3.8) is 0 Å². The highest BCUT2D eigenvalue weighted by atomic mass is 31.1. The zero-order valence-corrected chi connectivity index (χ0v) is 9.75. The minimum Gasteiger partial charge on any atom is -0.372 e. The lowest BCUT2D eigenvalue weighted by Gasteiger charge is -2.01. The van der Waals surface area contributed by atoms with Gasteiger partial charge in [0.05, 0.1) is 0 Å². The lowest BCUT2D eigenvalue weighted by Crippen LogP contribution is -1.95. The maximum Gasteiger partial charge on any atom is 0.0420 e. The molecule has 0 saturated heterocycles. The maximum absolute atomic E-state index is 8.99. The predicted molar refractivity (Wildman–Crippen MR) is 64.4 cm³/mol. The third-order valence-corrected chi connectivity index (χ3v) is 2.61. The van der Waals surface area contributed by atoms with Crippen LogP contribution in [0.3, 0.4) is 0 Å². The highest BCUT2D eigenvalue weighted by molar-refractivity contribution is 7.40. The quantitative estimate of drug-likeness (QED) is 0.596. The fourth-order valence-electron chi connectivity index (χ4n) is 1.32. The molecule has 0 spiro atoms. The molecular formula is C12H17OP. The minimum atomic E-state index is -0.0886. The zero-order chi connectivity index (χ0) is 10.4. The molecule has 0 aliphatic rings. The van der Waals surface area contributed by atoms with Gasteiger partial charge in [-0.25, -0.2) is 0 Å². The van der Waals surface area contributed by atoms with E-state index in [-0.39, 0.29) is 8.81 Å². The van der Waals surface area contributed by atoms with Crippen LogP contribution < -0.4 is 5.30 Å². The first-order chi connectivity index (χ1) is 6.72. The molecule has 0 aromatic heterocycles. The van der Waals surface area contributed by atoms with Crippen LogP contribution >= 0.6 is 8.81 Å². The first kappa shape index (κ1) is 11.4. The van der Waals surface area contributed by atoms with Gasteiger partial charge in [0, 0.05) is 8.81 Å². The monoisotopic (exact) mass is 208 g/mol. The predicted octanol–water partition coefficient (Wildman–Crippen LogP) is 2.80. The van der Waals surface area contributed by atoms with Gasteiger partial charge in [-0.15, -0.1) is 0 Å². The molecule has 76 valence electrons. The molecule has 0 heterocycles. The Bertz CT molecular complexity index is 314. The van der Waals surface area contributed by atoms with Crippen molar-refractivity contribution in [1.82, 2.24) is 0 Å². The van der Waals surface area contributed by atoms with Crippen molar-refractivity contribution in [2.24, 2.45) is 0 Å². The topological polar surface area (TPSA) is 20.2 Å². The molecular weight excluding hydrogens is 191 g/mol. The van der Waals surface area contributed by atoms with E-state index in [0.29, 0.717) is 0 Å². The van der Waals surface area contributed by atoms with Gasteiger partial charge >= 0.3 is 0 Å². The maximum atomic E-state index is 8.99. The van der Waals surface area contributed by atoms with Gasteiger partial charge in [0.2, 0.25) is 0 Å². The summed E-state index contributed by atoms with van der Waals surface area (Å²) in [5.41, 5.74) is 2.67. The van der Waals surface area contributed by atoms with Gasteiger partial charge in [0.1, 0.15) is 0 Å². The third-order valence-electron chi connectivity index (χ3n) is 2.04. The van der Waals surface area contributed by atoms with Gasteiger partial charge < -0.3 is 4.89 Å². The van der Waals surface area contributed by atoms with Crippen LogP contribution in [0.2, 0.25) is 0 Å². The van der Waals surface area contributed by atoms with E-state index >= 15 is 0 Å². The second-order valence-electron chi connectivity index (χ2n) is 3.63. The van der Waals surface area contributed by atoms with Crippen LogP contribution in [0.4, 0.5) is 0 Å². The molecule has 1 rings (SSSR count). The molecule has 1 atom stereocenters. The fraction of sp³-hybridized carbons (Fsp3) is 0.333. The van der Waals surface area contributed by atoms with Crippen LogP contribution in [-0.2, 0) is 6.42 Å². The van der Waals surface area contributed by atoms with Crippen LogP contribution in [0.25, 0.3) is 0 Å². The van der Waals surface area contributed by atoms with Crippen LogP contribution in [0, 0.1) is 0 Å². The van der Waals surface area contributed by atoms with E-state index in [1.54, 1.807) is 0 Å². The fourth-order valence-corrected chi connectivity index (χ4v) is 1.74. The molecule has 1 aromatic rings. The van der Waals surface area contributed by atoms with Crippen LogP contribution in [0.15, 0.2) is 35.9 Å². The van der Waals surface area contributed by atoms with E-state index < -0.39 is 0 Å². The minimum absolute atomic E-state index is 0.0886. The molecule has 1 N–H and O–H groups in total. The van der Waals surface area contributed by atoms with Gasteiger partial charge in [-0.2, -0.15) is 0 Å². The van der Waals surface area contributed by atoms with E-state index in [0.717, 1.165) is 18.1 Å². The smallest absolute Gasteiger partial charge is 0.0420 e. The van der Waals surface area contributed by atoms with Crippen molar-refractivity contribution in [1.29, 1.82) is 0 Å². The van der Waals surface area contributed by atoms with E-state index in [2.05, 4.69) is 32.1 Å². The summed E-state index contributed by atoms with van der Waals surface area (Å²) >= 11 is 0. The average molecular weight is 208 g/mol. The normalized spacial score (nSPS) is 10.8. The molecule has 0 bridgehead atoms. The number of benzene rings is 1. The Morgan fingerprint density at radius 3 is 2.86 bits per heavy atom. The lowest BCUT2D eigenvalue weighted by atomic mass is 10.1. The molecule has 14 heavy (non-hydrogen) atoms. The Kier molecular flexibility index (Phi) is 4.86. The summed E-state index contributed by atoms with van der Waals surface area (Å²) in [5.74, 6) is 0. The van der Waals surface area contributed by atoms with E-state index in [1.165, 1.54) is 11.1 Å². The van der Waals surface area contributed by atoms with Gasteiger partial charge in [0.25, 0.3) is 0 Å². The Morgan fingerprint density at radius 2 is 2.21 bits per heavy atom. The highest BCUT2D eigenvalue weighted by Crippen LogP contribution is 2.08. The number of hydrogen-bond donors (Lipinski definition) is 1. The zero-order valence-electron chi connectivity index (χ0n) is 8.75. The standard InChI is InChI=1S/C12H17OP/c1-10(2)5-3-6-11-7-4-8-12(9-11)14-13/h4-5,7-9,13-14H,3,6H2,1-2H3. The Labute approximate surface area is 87.7 Å². The highest BCUT2D eigenvalue weighted by Gasteiger charge is 1.94. The van der Waals surface area contributed by atoms with Gasteiger partial charge in [-0.05, 0) is 43.6 Å². The van der Waals surface area contributed by atoms with Crippen molar-refractivity contribution in [2.45, 2.75) is 26.7 Å². The summed E-state index contributed by atoms with van der Waals surface area (Å²) in [4.78, 5) is 8.99. The second-order valence-corrected chi connectivity index (χ2v) is 4.43. The molecule has 1 nitrogen and oxygen atoms in total. The molecule has 0 amide bonds.